The van der Waals surface area contributed by atoms with E-state index in [4.69, 9.17) is 0 Å². The second-order valence-corrected chi connectivity index (χ2v) is 4.83. The van der Waals surface area contributed by atoms with E-state index < -0.39 is 6.10 Å². The summed E-state index contributed by atoms with van der Waals surface area (Å²) in [4.78, 5) is 8.59. The Morgan fingerprint density at radius 3 is 2.70 bits per heavy atom. The maximum Gasteiger partial charge on any atom is 0.0794 e. The van der Waals surface area contributed by atoms with Gasteiger partial charge in [-0.1, -0.05) is 24.3 Å². The molecule has 1 aromatic carbocycles. The number of fused-ring (bicyclic) bond motifs is 1. The molecular formula is C17H16N2O. The molecule has 0 radical (unpaired) electrons. The monoisotopic (exact) mass is 264 g/mol. The lowest BCUT2D eigenvalue weighted by molar-refractivity contribution is 0.167. The van der Waals surface area contributed by atoms with Gasteiger partial charge in [0.1, 0.15) is 0 Å². The van der Waals surface area contributed by atoms with Gasteiger partial charge in [0.15, 0.2) is 0 Å². The number of benzene rings is 1. The summed E-state index contributed by atoms with van der Waals surface area (Å²) in [5.41, 5.74) is 2.83. The Hall–Kier alpha value is -2.26. The van der Waals surface area contributed by atoms with Crippen LogP contribution in [0.25, 0.3) is 10.9 Å². The Morgan fingerprint density at radius 1 is 0.950 bits per heavy atom. The van der Waals surface area contributed by atoms with E-state index in [1.54, 1.807) is 12.4 Å². The Kier molecular flexibility index (Phi) is 3.70. The van der Waals surface area contributed by atoms with Crippen LogP contribution in [0.3, 0.4) is 0 Å². The van der Waals surface area contributed by atoms with E-state index in [1.807, 2.05) is 48.5 Å². The normalized spacial score (nSPS) is 12.4. The number of hydrogen-bond acceptors (Lipinski definition) is 3. The third-order valence-electron chi connectivity index (χ3n) is 3.41. The van der Waals surface area contributed by atoms with Gasteiger partial charge in [-0.2, -0.15) is 0 Å². The number of aliphatic hydroxyl groups is 1. The number of aryl methyl sites for hydroxylation is 1. The number of aliphatic hydroxyl groups excluding tert-OH is 1. The molecule has 2 heterocycles. The summed E-state index contributed by atoms with van der Waals surface area (Å²) in [6, 6.07) is 15.7. The Labute approximate surface area is 117 Å². The second-order valence-electron chi connectivity index (χ2n) is 4.83. The fourth-order valence-electron chi connectivity index (χ4n) is 2.29. The lowest BCUT2D eigenvalue weighted by Gasteiger charge is -2.11. The molecule has 2 aromatic heterocycles. The molecule has 3 rings (SSSR count). The molecule has 3 nitrogen and oxygen atoms in total. The summed E-state index contributed by atoms with van der Waals surface area (Å²) in [5.74, 6) is 0. The standard InChI is InChI=1S/C17H16N2O/c20-17(9-8-15-5-1-2-10-18-15)14-7-6-13-4-3-11-19-16(13)12-14/h1-7,10-12,17,20H,8-9H2. The largest absolute Gasteiger partial charge is 0.388 e. The zero-order valence-electron chi connectivity index (χ0n) is 11.1. The zero-order chi connectivity index (χ0) is 13.8. The summed E-state index contributed by atoms with van der Waals surface area (Å²) in [7, 11) is 0. The number of rotatable bonds is 4. The highest BCUT2D eigenvalue weighted by Gasteiger charge is 2.09. The van der Waals surface area contributed by atoms with Crippen molar-refractivity contribution in [3.05, 3.63) is 72.2 Å². The van der Waals surface area contributed by atoms with Gasteiger partial charge in [-0.15, -0.1) is 0 Å². The molecule has 1 N–H and O–H groups in total. The minimum atomic E-state index is -0.483. The number of aromatic nitrogens is 2. The Bertz CT molecular complexity index is 697. The fraction of sp³-hybridized carbons (Fsp3) is 0.176. The van der Waals surface area contributed by atoms with Gasteiger partial charge in [0.25, 0.3) is 0 Å². The van der Waals surface area contributed by atoms with E-state index in [2.05, 4.69) is 9.97 Å². The van der Waals surface area contributed by atoms with Crippen LogP contribution in [0.4, 0.5) is 0 Å². The molecule has 1 unspecified atom stereocenters. The van der Waals surface area contributed by atoms with Crippen molar-refractivity contribution in [3.63, 3.8) is 0 Å². The van der Waals surface area contributed by atoms with Gasteiger partial charge in [0.2, 0.25) is 0 Å². The molecule has 3 heteroatoms. The molecule has 20 heavy (non-hydrogen) atoms. The van der Waals surface area contributed by atoms with E-state index in [9.17, 15) is 5.11 Å². The molecule has 0 aliphatic heterocycles. The molecule has 0 spiro atoms. The number of hydrogen-bond donors (Lipinski definition) is 1. The van der Waals surface area contributed by atoms with Gasteiger partial charge in [-0.3, -0.25) is 9.97 Å². The summed E-state index contributed by atoms with van der Waals surface area (Å²) < 4.78 is 0. The number of pyridine rings is 2. The van der Waals surface area contributed by atoms with Crippen LogP contribution in [0, 0.1) is 0 Å². The molecule has 3 aromatic rings. The maximum absolute atomic E-state index is 10.3. The molecule has 100 valence electrons. The SMILES string of the molecule is OC(CCc1ccccn1)c1ccc2cccnc2c1. The van der Waals surface area contributed by atoms with Crippen molar-refractivity contribution in [1.29, 1.82) is 0 Å². The van der Waals surface area contributed by atoms with Crippen molar-refractivity contribution in [2.75, 3.05) is 0 Å². The molecule has 0 aliphatic carbocycles. The lowest BCUT2D eigenvalue weighted by Crippen LogP contribution is -2.00. The van der Waals surface area contributed by atoms with Crippen LogP contribution in [-0.2, 0) is 6.42 Å². The summed E-state index contributed by atoms with van der Waals surface area (Å²) in [6.45, 7) is 0. The molecule has 0 bridgehead atoms. The zero-order valence-corrected chi connectivity index (χ0v) is 11.1. The highest BCUT2D eigenvalue weighted by molar-refractivity contribution is 5.78. The molecule has 0 saturated carbocycles. The van der Waals surface area contributed by atoms with E-state index in [0.717, 1.165) is 28.6 Å². The summed E-state index contributed by atoms with van der Waals surface area (Å²) in [6.07, 6.45) is 4.49. The second kappa shape index (κ2) is 5.80. The highest BCUT2D eigenvalue weighted by Crippen LogP contribution is 2.22. The van der Waals surface area contributed by atoms with Crippen molar-refractivity contribution in [2.45, 2.75) is 18.9 Å². The first-order valence-electron chi connectivity index (χ1n) is 6.75. The average Bonchev–Trinajstić information content (AvgIpc) is 2.53. The summed E-state index contributed by atoms with van der Waals surface area (Å²) in [5, 5.41) is 11.4. The van der Waals surface area contributed by atoms with Gasteiger partial charge in [-0.25, -0.2) is 0 Å². The molecule has 0 amide bonds. The quantitative estimate of drug-likeness (QED) is 0.786. The van der Waals surface area contributed by atoms with Crippen molar-refractivity contribution >= 4 is 10.9 Å². The third kappa shape index (κ3) is 2.83. The Balaban J connectivity index is 1.73. The minimum absolute atomic E-state index is 0.483. The predicted molar refractivity (Wildman–Crippen MR) is 79.3 cm³/mol. The lowest BCUT2D eigenvalue weighted by atomic mass is 10.0. The maximum atomic E-state index is 10.3. The van der Waals surface area contributed by atoms with Crippen LogP contribution in [0.5, 0.6) is 0 Å². The van der Waals surface area contributed by atoms with Gasteiger partial charge < -0.3 is 5.11 Å². The first kappa shape index (κ1) is 12.8. The van der Waals surface area contributed by atoms with Crippen LogP contribution in [0.2, 0.25) is 0 Å². The van der Waals surface area contributed by atoms with Crippen LogP contribution in [0.1, 0.15) is 23.8 Å². The summed E-state index contributed by atoms with van der Waals surface area (Å²) >= 11 is 0. The van der Waals surface area contributed by atoms with E-state index in [-0.39, 0.29) is 0 Å². The van der Waals surface area contributed by atoms with E-state index in [1.165, 1.54) is 0 Å². The minimum Gasteiger partial charge on any atom is -0.388 e. The number of nitrogens with zero attached hydrogens (tertiary/aromatic N) is 2. The molecule has 1 atom stereocenters. The van der Waals surface area contributed by atoms with E-state index in [0.29, 0.717) is 6.42 Å². The van der Waals surface area contributed by atoms with E-state index >= 15 is 0 Å². The fourth-order valence-corrected chi connectivity index (χ4v) is 2.29. The van der Waals surface area contributed by atoms with Crippen molar-refractivity contribution in [2.24, 2.45) is 0 Å². The van der Waals surface area contributed by atoms with Crippen LogP contribution < -0.4 is 0 Å². The van der Waals surface area contributed by atoms with Crippen molar-refractivity contribution < 1.29 is 5.11 Å². The van der Waals surface area contributed by atoms with Gasteiger partial charge >= 0.3 is 0 Å². The van der Waals surface area contributed by atoms with Crippen LogP contribution in [0.15, 0.2) is 60.9 Å². The molecule has 0 aliphatic rings. The highest BCUT2D eigenvalue weighted by atomic mass is 16.3. The van der Waals surface area contributed by atoms with Crippen LogP contribution in [-0.4, -0.2) is 15.1 Å². The Morgan fingerprint density at radius 2 is 1.85 bits per heavy atom. The van der Waals surface area contributed by atoms with Gasteiger partial charge in [-0.05, 0) is 42.7 Å². The topological polar surface area (TPSA) is 46.0 Å². The molecule has 0 fully saturated rings. The first-order valence-corrected chi connectivity index (χ1v) is 6.75. The van der Waals surface area contributed by atoms with Gasteiger partial charge in [0.05, 0.1) is 11.6 Å². The average molecular weight is 264 g/mol. The molecule has 0 saturated heterocycles. The smallest absolute Gasteiger partial charge is 0.0794 e. The first-order chi connectivity index (χ1) is 9.83. The van der Waals surface area contributed by atoms with Crippen LogP contribution >= 0.6 is 0 Å². The van der Waals surface area contributed by atoms with Crippen molar-refractivity contribution in [3.8, 4) is 0 Å². The third-order valence-corrected chi connectivity index (χ3v) is 3.41. The van der Waals surface area contributed by atoms with Gasteiger partial charge in [0, 0.05) is 23.5 Å². The molecular weight excluding hydrogens is 248 g/mol. The van der Waals surface area contributed by atoms with Crippen molar-refractivity contribution in [1.82, 2.24) is 9.97 Å². The predicted octanol–water partition coefficient (Wildman–Crippen LogP) is 3.30.